The number of benzene rings is 1. The molecule has 1 fully saturated rings. The number of carbonyl (C=O) groups is 4. The number of hydrogen-bond donors (Lipinski definition) is 1. The molecule has 1 aromatic rings. The van der Waals surface area contributed by atoms with Gasteiger partial charge in [0, 0.05) is 0 Å². The summed E-state index contributed by atoms with van der Waals surface area (Å²) in [5, 5.41) is 3.16. The Hall–Kier alpha value is -2.74. The number of ketones is 1. The molecule has 0 radical (unpaired) electrons. The van der Waals surface area contributed by atoms with Gasteiger partial charge in [0.15, 0.2) is 5.78 Å². The molecule has 3 amide bonds. The molecule has 1 aliphatic heterocycles. The van der Waals surface area contributed by atoms with E-state index in [9.17, 15) is 19.2 Å². The van der Waals surface area contributed by atoms with Gasteiger partial charge in [0.25, 0.3) is 11.8 Å². The number of alkyl carbamates (subject to hydrolysis) is 1. The fourth-order valence-corrected chi connectivity index (χ4v) is 3.03. The molecule has 1 heterocycles. The van der Waals surface area contributed by atoms with Crippen LogP contribution in [0.25, 0.3) is 0 Å². The molecule has 2 unspecified atom stereocenters. The zero-order chi connectivity index (χ0) is 21.8. The summed E-state index contributed by atoms with van der Waals surface area (Å²) in [6.45, 7) is 8.36. The smallest absolute Gasteiger partial charge is 0.408 e. The highest BCUT2D eigenvalue weighted by atomic mass is 16.7. The van der Waals surface area contributed by atoms with Crippen LogP contribution >= 0.6 is 0 Å². The average Bonchev–Trinajstić information content (AvgIpc) is 2.86. The number of nitrogens with zero attached hydrogens (tertiary/aromatic N) is 1. The lowest BCUT2D eigenvalue weighted by Crippen LogP contribution is -2.47. The highest BCUT2D eigenvalue weighted by Crippen LogP contribution is 2.29. The van der Waals surface area contributed by atoms with Gasteiger partial charge in [0.05, 0.1) is 12.0 Å². The lowest BCUT2D eigenvalue weighted by molar-refractivity contribution is -0.193. The van der Waals surface area contributed by atoms with Gasteiger partial charge in [-0.1, -0.05) is 44.2 Å². The van der Waals surface area contributed by atoms with E-state index in [0.717, 1.165) is 5.56 Å². The van der Waals surface area contributed by atoms with Gasteiger partial charge in [-0.05, 0) is 32.8 Å². The third-order valence-electron chi connectivity index (χ3n) is 4.51. The van der Waals surface area contributed by atoms with Gasteiger partial charge < -0.3 is 10.1 Å². The van der Waals surface area contributed by atoms with Crippen molar-refractivity contribution >= 4 is 23.7 Å². The minimum Gasteiger partial charge on any atom is -0.444 e. The van der Waals surface area contributed by atoms with Crippen LogP contribution in [0.5, 0.6) is 0 Å². The Balaban J connectivity index is 2.07. The molecule has 0 spiro atoms. The van der Waals surface area contributed by atoms with Gasteiger partial charge in [-0.25, -0.2) is 4.79 Å². The first-order valence-corrected chi connectivity index (χ1v) is 9.63. The fourth-order valence-electron chi connectivity index (χ4n) is 3.03. The predicted octanol–water partition coefficient (Wildman–Crippen LogP) is 2.61. The molecule has 1 saturated heterocycles. The van der Waals surface area contributed by atoms with Gasteiger partial charge in [0.1, 0.15) is 18.1 Å². The van der Waals surface area contributed by atoms with Crippen molar-refractivity contribution in [3.05, 3.63) is 35.9 Å². The maximum atomic E-state index is 12.9. The Labute approximate surface area is 170 Å². The second kappa shape index (κ2) is 9.17. The Morgan fingerprint density at radius 1 is 1.14 bits per heavy atom. The summed E-state index contributed by atoms with van der Waals surface area (Å²) in [5.74, 6) is -3.90. The third kappa shape index (κ3) is 5.63. The van der Waals surface area contributed by atoms with E-state index < -0.39 is 47.2 Å². The number of Topliss-reactive ketones (excluding diaryl/α,β-unsaturated/α-hetero) is 1. The minimum atomic E-state index is -1.21. The minimum absolute atomic E-state index is 0.0271. The highest BCUT2D eigenvalue weighted by molar-refractivity contribution is 6.15. The SMILES string of the molecule is CC[C@H](NC(=O)OC(C)(C)C)C(=O)C1C(=O)N(OCc2ccccc2)C(=O)C1C. The van der Waals surface area contributed by atoms with E-state index in [-0.39, 0.29) is 13.0 Å². The van der Waals surface area contributed by atoms with E-state index in [1.807, 2.05) is 18.2 Å². The van der Waals surface area contributed by atoms with Gasteiger partial charge in [-0.3, -0.25) is 19.2 Å². The standard InChI is InChI=1S/C21H28N2O6/c1-6-15(22-20(27)29-21(3,4)5)17(24)16-13(2)18(25)23(19(16)26)28-12-14-10-8-7-9-11-14/h7-11,13,15-16H,6,12H2,1-5H3,(H,22,27)/t13?,15-,16?/m0/s1. The van der Waals surface area contributed by atoms with E-state index in [1.54, 1.807) is 39.8 Å². The number of imide groups is 1. The van der Waals surface area contributed by atoms with Crippen molar-refractivity contribution in [2.75, 3.05) is 0 Å². The first-order chi connectivity index (χ1) is 13.5. The Morgan fingerprint density at radius 3 is 2.31 bits per heavy atom. The Bertz CT molecular complexity index is 771. The largest absolute Gasteiger partial charge is 0.444 e. The molecule has 29 heavy (non-hydrogen) atoms. The third-order valence-corrected chi connectivity index (χ3v) is 4.51. The maximum Gasteiger partial charge on any atom is 0.408 e. The van der Waals surface area contributed by atoms with Gasteiger partial charge in [0.2, 0.25) is 0 Å². The monoisotopic (exact) mass is 404 g/mol. The Kier molecular flexibility index (Phi) is 7.13. The molecule has 3 atom stereocenters. The van der Waals surface area contributed by atoms with E-state index in [1.165, 1.54) is 6.92 Å². The summed E-state index contributed by atoms with van der Waals surface area (Å²) in [4.78, 5) is 55.6. The predicted molar refractivity (Wildman–Crippen MR) is 104 cm³/mol. The lowest BCUT2D eigenvalue weighted by atomic mass is 9.88. The molecule has 0 aromatic heterocycles. The number of amides is 3. The van der Waals surface area contributed by atoms with Crippen LogP contribution in [-0.4, -0.2) is 40.4 Å². The number of carbonyl (C=O) groups excluding carboxylic acids is 4. The molecule has 8 heteroatoms. The van der Waals surface area contributed by atoms with Crippen molar-refractivity contribution in [1.29, 1.82) is 0 Å². The Morgan fingerprint density at radius 2 is 1.76 bits per heavy atom. The first-order valence-electron chi connectivity index (χ1n) is 9.63. The van der Waals surface area contributed by atoms with E-state index in [4.69, 9.17) is 9.57 Å². The van der Waals surface area contributed by atoms with E-state index in [2.05, 4.69) is 5.32 Å². The molecule has 1 aliphatic rings. The second-order valence-electron chi connectivity index (χ2n) is 8.01. The molecule has 0 aliphatic carbocycles. The van der Waals surface area contributed by atoms with Crippen molar-refractivity contribution in [3.63, 3.8) is 0 Å². The summed E-state index contributed by atoms with van der Waals surface area (Å²) in [5.41, 5.74) is 0.0634. The van der Waals surface area contributed by atoms with Crippen LogP contribution in [0.15, 0.2) is 30.3 Å². The zero-order valence-electron chi connectivity index (χ0n) is 17.4. The molecule has 1 N–H and O–H groups in total. The van der Waals surface area contributed by atoms with Crippen molar-refractivity contribution < 1.29 is 28.8 Å². The van der Waals surface area contributed by atoms with E-state index in [0.29, 0.717) is 5.06 Å². The number of nitrogens with one attached hydrogen (secondary N) is 1. The number of rotatable bonds is 7. The number of hydroxylamine groups is 2. The number of hydrogen-bond acceptors (Lipinski definition) is 6. The fraction of sp³-hybridized carbons (Fsp3) is 0.524. The van der Waals surface area contributed by atoms with Crippen LogP contribution in [0.1, 0.15) is 46.6 Å². The van der Waals surface area contributed by atoms with Crippen LogP contribution in [0.4, 0.5) is 4.79 Å². The summed E-state index contributed by atoms with van der Waals surface area (Å²) in [6, 6.07) is 8.13. The summed E-state index contributed by atoms with van der Waals surface area (Å²) < 4.78 is 5.18. The maximum absolute atomic E-state index is 12.9. The lowest BCUT2D eigenvalue weighted by Gasteiger charge is -2.24. The van der Waals surface area contributed by atoms with Crippen molar-refractivity contribution in [2.45, 2.75) is 59.3 Å². The van der Waals surface area contributed by atoms with Crippen molar-refractivity contribution in [1.82, 2.24) is 10.4 Å². The molecule has 8 nitrogen and oxygen atoms in total. The molecule has 2 rings (SSSR count). The van der Waals surface area contributed by atoms with Crippen LogP contribution in [0.3, 0.4) is 0 Å². The molecular weight excluding hydrogens is 376 g/mol. The van der Waals surface area contributed by atoms with Crippen LogP contribution in [0.2, 0.25) is 0 Å². The van der Waals surface area contributed by atoms with Crippen molar-refractivity contribution in [3.8, 4) is 0 Å². The van der Waals surface area contributed by atoms with Crippen LogP contribution in [0, 0.1) is 11.8 Å². The highest BCUT2D eigenvalue weighted by Gasteiger charge is 2.51. The summed E-state index contributed by atoms with van der Waals surface area (Å²) >= 11 is 0. The summed E-state index contributed by atoms with van der Waals surface area (Å²) in [7, 11) is 0. The summed E-state index contributed by atoms with van der Waals surface area (Å²) in [6.07, 6.45) is -0.493. The van der Waals surface area contributed by atoms with Gasteiger partial charge in [-0.2, -0.15) is 5.06 Å². The van der Waals surface area contributed by atoms with E-state index >= 15 is 0 Å². The molecule has 0 bridgehead atoms. The van der Waals surface area contributed by atoms with Crippen LogP contribution < -0.4 is 5.32 Å². The van der Waals surface area contributed by atoms with Crippen molar-refractivity contribution in [2.24, 2.45) is 11.8 Å². The molecule has 158 valence electrons. The van der Waals surface area contributed by atoms with Gasteiger partial charge >= 0.3 is 6.09 Å². The van der Waals surface area contributed by atoms with Crippen LogP contribution in [-0.2, 0) is 30.6 Å². The average molecular weight is 404 g/mol. The molecular formula is C21H28N2O6. The normalized spacial score (nSPS) is 20.5. The van der Waals surface area contributed by atoms with Gasteiger partial charge in [-0.15, -0.1) is 0 Å². The molecule has 1 aromatic carbocycles. The number of ether oxygens (including phenoxy) is 1. The quantitative estimate of drug-likeness (QED) is 0.554. The topological polar surface area (TPSA) is 102 Å². The first kappa shape index (κ1) is 22.5. The zero-order valence-corrected chi connectivity index (χ0v) is 17.4. The molecule has 0 saturated carbocycles. The second-order valence-corrected chi connectivity index (χ2v) is 8.01.